The number of aryl methyl sites for hydroxylation is 1. The topological polar surface area (TPSA) is 43.1 Å². The molecule has 15 heavy (non-hydrogen) atoms. The largest absolute Gasteiger partial charge is 0.335 e. The summed E-state index contributed by atoms with van der Waals surface area (Å²) in [6.45, 7) is 3.79. The molecule has 0 fully saturated rings. The van der Waals surface area contributed by atoms with Crippen LogP contribution in [0.2, 0.25) is 5.15 Å². The van der Waals surface area contributed by atoms with Crippen LogP contribution in [0.25, 0.3) is 11.0 Å². The Morgan fingerprint density at radius 3 is 2.80 bits per heavy atom. The summed E-state index contributed by atoms with van der Waals surface area (Å²) in [6, 6.07) is 1.89. The standard InChI is InChI=1S/C10H11ClN4/c1-6(2)12-10-13-8(11)7-4-5-15(3)9(7)14-10/h4-5H,1-3H3. The van der Waals surface area contributed by atoms with Crippen LogP contribution in [0.1, 0.15) is 13.8 Å². The molecule has 78 valence electrons. The van der Waals surface area contributed by atoms with Crippen molar-refractivity contribution >= 4 is 34.3 Å². The van der Waals surface area contributed by atoms with Crippen molar-refractivity contribution in [2.24, 2.45) is 12.0 Å². The lowest BCUT2D eigenvalue weighted by Crippen LogP contribution is -1.92. The van der Waals surface area contributed by atoms with Gasteiger partial charge in [0.25, 0.3) is 5.95 Å². The second-order valence-corrected chi connectivity index (χ2v) is 3.90. The van der Waals surface area contributed by atoms with Crippen LogP contribution in [0, 0.1) is 0 Å². The van der Waals surface area contributed by atoms with E-state index in [0.717, 1.165) is 16.7 Å². The smallest absolute Gasteiger partial charge is 0.252 e. The van der Waals surface area contributed by atoms with Gasteiger partial charge in [0.05, 0.1) is 5.39 Å². The van der Waals surface area contributed by atoms with Gasteiger partial charge < -0.3 is 4.57 Å². The summed E-state index contributed by atoms with van der Waals surface area (Å²) >= 11 is 6.03. The molecule has 0 saturated heterocycles. The fourth-order valence-electron chi connectivity index (χ4n) is 1.34. The number of nitrogens with zero attached hydrogens (tertiary/aromatic N) is 4. The third kappa shape index (κ3) is 1.85. The van der Waals surface area contributed by atoms with E-state index in [1.54, 1.807) is 0 Å². The molecule has 2 aromatic heterocycles. The van der Waals surface area contributed by atoms with Crippen LogP contribution >= 0.6 is 11.6 Å². The van der Waals surface area contributed by atoms with Crippen LogP contribution in [0.3, 0.4) is 0 Å². The highest BCUT2D eigenvalue weighted by molar-refractivity contribution is 6.34. The average Bonchev–Trinajstić information content (AvgIpc) is 2.47. The van der Waals surface area contributed by atoms with Crippen LogP contribution in [0.5, 0.6) is 0 Å². The highest BCUT2D eigenvalue weighted by Gasteiger charge is 2.07. The van der Waals surface area contributed by atoms with Crippen molar-refractivity contribution in [1.29, 1.82) is 0 Å². The summed E-state index contributed by atoms with van der Waals surface area (Å²) in [6.07, 6.45) is 1.90. The van der Waals surface area contributed by atoms with Gasteiger partial charge in [-0.15, -0.1) is 0 Å². The summed E-state index contributed by atoms with van der Waals surface area (Å²) in [5, 5.41) is 1.30. The molecule has 0 saturated carbocycles. The minimum atomic E-state index is 0.411. The Kier molecular flexibility index (Phi) is 2.44. The summed E-state index contributed by atoms with van der Waals surface area (Å²) in [7, 11) is 1.91. The first-order valence-corrected chi connectivity index (χ1v) is 4.96. The van der Waals surface area contributed by atoms with Gasteiger partial charge in [0.2, 0.25) is 0 Å². The fraction of sp³-hybridized carbons (Fsp3) is 0.300. The third-order valence-electron chi connectivity index (χ3n) is 1.99. The zero-order valence-electron chi connectivity index (χ0n) is 8.82. The van der Waals surface area contributed by atoms with Gasteiger partial charge in [-0.3, -0.25) is 0 Å². The molecular formula is C10H11ClN4. The number of fused-ring (bicyclic) bond motifs is 1. The van der Waals surface area contributed by atoms with E-state index in [0.29, 0.717) is 11.1 Å². The monoisotopic (exact) mass is 222 g/mol. The van der Waals surface area contributed by atoms with Gasteiger partial charge in [-0.1, -0.05) is 11.6 Å². The Morgan fingerprint density at radius 1 is 1.40 bits per heavy atom. The van der Waals surface area contributed by atoms with Crippen molar-refractivity contribution in [2.75, 3.05) is 0 Å². The van der Waals surface area contributed by atoms with E-state index in [9.17, 15) is 0 Å². The van der Waals surface area contributed by atoms with Crippen LogP contribution in [0.4, 0.5) is 5.95 Å². The zero-order valence-corrected chi connectivity index (χ0v) is 9.58. The number of rotatable bonds is 1. The van der Waals surface area contributed by atoms with Crippen LogP contribution in [0.15, 0.2) is 17.3 Å². The van der Waals surface area contributed by atoms with Crippen LogP contribution < -0.4 is 0 Å². The molecule has 0 aromatic carbocycles. The summed E-state index contributed by atoms with van der Waals surface area (Å²) < 4.78 is 1.90. The Morgan fingerprint density at radius 2 is 2.13 bits per heavy atom. The maximum absolute atomic E-state index is 6.03. The first-order valence-electron chi connectivity index (χ1n) is 4.58. The molecule has 0 aliphatic carbocycles. The van der Waals surface area contributed by atoms with Crippen molar-refractivity contribution in [3.8, 4) is 0 Å². The molecule has 2 heterocycles. The van der Waals surface area contributed by atoms with E-state index in [-0.39, 0.29) is 0 Å². The van der Waals surface area contributed by atoms with Gasteiger partial charge in [-0.2, -0.15) is 9.97 Å². The number of hydrogen-bond acceptors (Lipinski definition) is 3. The highest BCUT2D eigenvalue weighted by Crippen LogP contribution is 2.23. The molecule has 0 spiro atoms. The van der Waals surface area contributed by atoms with Crippen LogP contribution in [-0.2, 0) is 7.05 Å². The number of aromatic nitrogens is 3. The van der Waals surface area contributed by atoms with E-state index in [1.807, 2.05) is 37.7 Å². The molecule has 2 rings (SSSR count). The number of halogens is 1. The van der Waals surface area contributed by atoms with Gasteiger partial charge >= 0.3 is 0 Å². The van der Waals surface area contributed by atoms with Gasteiger partial charge in [0, 0.05) is 19.0 Å². The molecule has 5 heteroatoms. The summed E-state index contributed by atoms with van der Waals surface area (Å²) in [5.74, 6) is 0.411. The number of hydrogen-bond donors (Lipinski definition) is 0. The normalized spacial score (nSPS) is 10.7. The Hall–Kier alpha value is -1.42. The van der Waals surface area contributed by atoms with Crippen molar-refractivity contribution in [3.05, 3.63) is 17.4 Å². The molecule has 0 amide bonds. The fourth-order valence-corrected chi connectivity index (χ4v) is 1.56. The molecule has 4 nitrogen and oxygen atoms in total. The molecule has 0 aliphatic heterocycles. The Bertz CT molecular complexity index is 538. The second kappa shape index (κ2) is 3.62. The van der Waals surface area contributed by atoms with Gasteiger partial charge in [-0.25, -0.2) is 4.99 Å². The minimum absolute atomic E-state index is 0.411. The maximum atomic E-state index is 6.03. The zero-order chi connectivity index (χ0) is 11.0. The lowest BCUT2D eigenvalue weighted by molar-refractivity contribution is 0.943. The van der Waals surface area contributed by atoms with Crippen molar-refractivity contribution < 1.29 is 0 Å². The summed E-state index contributed by atoms with van der Waals surface area (Å²) in [4.78, 5) is 12.6. The molecule has 0 bridgehead atoms. The highest BCUT2D eigenvalue weighted by atomic mass is 35.5. The Labute approximate surface area is 92.6 Å². The first kappa shape index (κ1) is 10.1. The molecule has 0 aliphatic rings. The van der Waals surface area contributed by atoms with E-state index in [1.165, 1.54) is 0 Å². The molecular weight excluding hydrogens is 212 g/mol. The van der Waals surface area contributed by atoms with Gasteiger partial charge in [-0.05, 0) is 19.9 Å². The molecule has 0 atom stereocenters. The van der Waals surface area contributed by atoms with Crippen molar-refractivity contribution in [1.82, 2.24) is 14.5 Å². The SMILES string of the molecule is CC(C)=Nc1nc(Cl)c2ccn(C)c2n1. The van der Waals surface area contributed by atoms with E-state index in [2.05, 4.69) is 15.0 Å². The lowest BCUT2D eigenvalue weighted by atomic mass is 10.4. The third-order valence-corrected chi connectivity index (χ3v) is 2.28. The Balaban J connectivity index is 2.70. The second-order valence-electron chi connectivity index (χ2n) is 3.54. The summed E-state index contributed by atoms with van der Waals surface area (Å²) in [5.41, 5.74) is 1.70. The van der Waals surface area contributed by atoms with E-state index < -0.39 is 0 Å². The average molecular weight is 223 g/mol. The maximum Gasteiger partial charge on any atom is 0.252 e. The quantitative estimate of drug-likeness (QED) is 0.550. The lowest BCUT2D eigenvalue weighted by Gasteiger charge is -1.99. The van der Waals surface area contributed by atoms with E-state index in [4.69, 9.17) is 11.6 Å². The molecule has 0 N–H and O–H groups in total. The van der Waals surface area contributed by atoms with Crippen molar-refractivity contribution in [3.63, 3.8) is 0 Å². The van der Waals surface area contributed by atoms with E-state index >= 15 is 0 Å². The number of aliphatic imine (C=N–C) groups is 1. The predicted octanol–water partition coefficient (Wildman–Crippen LogP) is 2.73. The van der Waals surface area contributed by atoms with Gasteiger partial charge in [0.15, 0.2) is 0 Å². The molecule has 2 aromatic rings. The molecule has 0 radical (unpaired) electrons. The van der Waals surface area contributed by atoms with Gasteiger partial charge in [0.1, 0.15) is 10.8 Å². The van der Waals surface area contributed by atoms with Crippen LogP contribution in [-0.4, -0.2) is 20.2 Å². The molecule has 0 unspecified atom stereocenters. The first-order chi connectivity index (χ1) is 7.08. The minimum Gasteiger partial charge on any atom is -0.335 e. The van der Waals surface area contributed by atoms with Crippen molar-refractivity contribution in [2.45, 2.75) is 13.8 Å². The predicted molar refractivity (Wildman–Crippen MR) is 62.0 cm³/mol.